The highest BCUT2D eigenvalue weighted by molar-refractivity contribution is 5.88. The number of rotatable bonds is 5. The highest BCUT2D eigenvalue weighted by Gasteiger charge is 2.41. The van der Waals surface area contributed by atoms with Crippen LogP contribution < -0.4 is 10.1 Å². The SMILES string of the molecule is O=C(NCc1cccc(Oc2ccccc2)c1)C1CC2CCCC(C1)C2=O. The van der Waals surface area contributed by atoms with E-state index >= 15 is 0 Å². The van der Waals surface area contributed by atoms with Crippen molar-refractivity contribution in [1.82, 2.24) is 5.32 Å². The van der Waals surface area contributed by atoms with Crippen LogP contribution in [-0.2, 0) is 16.1 Å². The van der Waals surface area contributed by atoms with E-state index in [4.69, 9.17) is 4.74 Å². The second-order valence-electron chi connectivity index (χ2n) is 7.68. The average molecular weight is 363 g/mol. The van der Waals surface area contributed by atoms with Gasteiger partial charge in [0.1, 0.15) is 17.3 Å². The van der Waals surface area contributed by atoms with Crippen LogP contribution in [0.15, 0.2) is 54.6 Å². The number of ether oxygens (including phenoxy) is 1. The molecule has 0 radical (unpaired) electrons. The Kier molecular flexibility index (Phi) is 5.23. The van der Waals surface area contributed by atoms with Crippen LogP contribution in [0.25, 0.3) is 0 Å². The molecule has 4 heteroatoms. The predicted molar refractivity (Wildman–Crippen MR) is 103 cm³/mol. The van der Waals surface area contributed by atoms with Gasteiger partial charge < -0.3 is 10.1 Å². The Balaban J connectivity index is 1.34. The molecule has 0 aromatic heterocycles. The zero-order valence-corrected chi connectivity index (χ0v) is 15.4. The second-order valence-corrected chi connectivity index (χ2v) is 7.68. The Labute approximate surface area is 159 Å². The standard InChI is InChI=1S/C23H25NO3/c25-22-17-7-5-8-18(22)14-19(13-17)23(26)24-15-16-6-4-11-21(12-16)27-20-9-2-1-3-10-20/h1-4,6,9-12,17-19H,5,7-8,13-15H2,(H,24,26). The highest BCUT2D eigenvalue weighted by Crippen LogP contribution is 2.40. The maximum atomic E-state index is 12.6. The minimum absolute atomic E-state index is 0.0262. The molecule has 2 aliphatic rings. The lowest BCUT2D eigenvalue weighted by atomic mass is 9.67. The number of amides is 1. The molecule has 1 N–H and O–H groups in total. The van der Waals surface area contributed by atoms with Crippen LogP contribution in [0.5, 0.6) is 11.5 Å². The van der Waals surface area contributed by atoms with Gasteiger partial charge in [0, 0.05) is 24.3 Å². The number of carbonyl (C=O) groups is 2. The van der Waals surface area contributed by atoms with Crippen molar-refractivity contribution in [2.45, 2.75) is 38.6 Å². The van der Waals surface area contributed by atoms with E-state index in [1.165, 1.54) is 0 Å². The van der Waals surface area contributed by atoms with Gasteiger partial charge in [-0.25, -0.2) is 0 Å². The van der Waals surface area contributed by atoms with E-state index in [0.717, 1.165) is 49.2 Å². The molecular weight excluding hydrogens is 338 g/mol. The zero-order valence-electron chi connectivity index (χ0n) is 15.4. The van der Waals surface area contributed by atoms with Gasteiger partial charge in [-0.2, -0.15) is 0 Å². The molecule has 0 heterocycles. The molecular formula is C23H25NO3. The Morgan fingerprint density at radius 1 is 0.963 bits per heavy atom. The van der Waals surface area contributed by atoms with Crippen molar-refractivity contribution < 1.29 is 14.3 Å². The van der Waals surface area contributed by atoms with Gasteiger partial charge >= 0.3 is 0 Å². The fourth-order valence-corrected chi connectivity index (χ4v) is 4.37. The van der Waals surface area contributed by atoms with Gasteiger partial charge in [-0.1, -0.05) is 36.8 Å². The molecule has 2 aromatic rings. The number of hydrogen-bond donors (Lipinski definition) is 1. The molecule has 0 saturated heterocycles. The number of hydrogen-bond acceptors (Lipinski definition) is 3. The molecule has 2 unspecified atom stereocenters. The van der Waals surface area contributed by atoms with E-state index in [1.54, 1.807) is 0 Å². The monoisotopic (exact) mass is 363 g/mol. The molecule has 0 aliphatic heterocycles. The van der Waals surface area contributed by atoms with Gasteiger partial charge in [0.2, 0.25) is 5.91 Å². The highest BCUT2D eigenvalue weighted by atomic mass is 16.5. The molecule has 2 atom stereocenters. The summed E-state index contributed by atoms with van der Waals surface area (Å²) in [5.41, 5.74) is 1.00. The third-order valence-corrected chi connectivity index (χ3v) is 5.76. The zero-order chi connectivity index (χ0) is 18.6. The number of carbonyl (C=O) groups excluding carboxylic acids is 2. The van der Waals surface area contributed by atoms with Crippen molar-refractivity contribution in [1.29, 1.82) is 0 Å². The molecule has 1 amide bonds. The van der Waals surface area contributed by atoms with E-state index in [-0.39, 0.29) is 23.7 Å². The van der Waals surface area contributed by atoms with Crippen molar-refractivity contribution in [3.8, 4) is 11.5 Å². The molecule has 2 aromatic carbocycles. The van der Waals surface area contributed by atoms with Gasteiger partial charge in [-0.3, -0.25) is 9.59 Å². The van der Waals surface area contributed by atoms with Crippen LogP contribution in [0.3, 0.4) is 0 Å². The van der Waals surface area contributed by atoms with Gasteiger partial charge in [-0.05, 0) is 55.5 Å². The van der Waals surface area contributed by atoms with Crippen molar-refractivity contribution in [3.63, 3.8) is 0 Å². The summed E-state index contributed by atoms with van der Waals surface area (Å²) in [5, 5.41) is 3.06. The summed E-state index contributed by atoms with van der Waals surface area (Å²) >= 11 is 0. The molecule has 140 valence electrons. The molecule has 0 spiro atoms. The first-order chi connectivity index (χ1) is 13.2. The molecule has 2 fully saturated rings. The van der Waals surface area contributed by atoms with Crippen LogP contribution in [0.4, 0.5) is 0 Å². The van der Waals surface area contributed by atoms with Crippen LogP contribution in [0, 0.1) is 17.8 Å². The number of fused-ring (bicyclic) bond motifs is 2. The van der Waals surface area contributed by atoms with Crippen molar-refractivity contribution >= 4 is 11.7 Å². The van der Waals surface area contributed by atoms with Crippen LogP contribution in [0.1, 0.15) is 37.7 Å². The smallest absolute Gasteiger partial charge is 0.223 e. The topological polar surface area (TPSA) is 55.4 Å². The second kappa shape index (κ2) is 7.95. The summed E-state index contributed by atoms with van der Waals surface area (Å²) in [6.07, 6.45) is 4.48. The van der Waals surface area contributed by atoms with Gasteiger partial charge in [0.25, 0.3) is 0 Å². The quantitative estimate of drug-likeness (QED) is 0.851. The maximum absolute atomic E-state index is 12.6. The first kappa shape index (κ1) is 17.8. The molecule has 2 saturated carbocycles. The maximum Gasteiger partial charge on any atom is 0.223 e. The summed E-state index contributed by atoms with van der Waals surface area (Å²) in [7, 11) is 0. The molecule has 27 heavy (non-hydrogen) atoms. The van der Waals surface area contributed by atoms with Crippen LogP contribution in [0.2, 0.25) is 0 Å². The lowest BCUT2D eigenvalue weighted by Gasteiger charge is -2.36. The van der Waals surface area contributed by atoms with Gasteiger partial charge in [-0.15, -0.1) is 0 Å². The summed E-state index contributed by atoms with van der Waals surface area (Å²) < 4.78 is 5.85. The van der Waals surface area contributed by atoms with E-state index in [9.17, 15) is 9.59 Å². The number of para-hydroxylation sites is 1. The third kappa shape index (κ3) is 4.21. The summed E-state index contributed by atoms with van der Waals surface area (Å²) in [6, 6.07) is 17.4. The molecule has 2 bridgehead atoms. The number of benzene rings is 2. The number of Topliss-reactive ketones (excluding diaryl/α,β-unsaturated/α-hetero) is 1. The van der Waals surface area contributed by atoms with Crippen molar-refractivity contribution in [2.75, 3.05) is 0 Å². The minimum Gasteiger partial charge on any atom is -0.457 e. The molecule has 4 rings (SSSR count). The van der Waals surface area contributed by atoms with Gasteiger partial charge in [0.15, 0.2) is 0 Å². The molecule has 2 aliphatic carbocycles. The van der Waals surface area contributed by atoms with Crippen molar-refractivity contribution in [2.24, 2.45) is 17.8 Å². The van der Waals surface area contributed by atoms with Crippen molar-refractivity contribution in [3.05, 3.63) is 60.2 Å². The Morgan fingerprint density at radius 3 is 2.41 bits per heavy atom. The van der Waals surface area contributed by atoms with E-state index < -0.39 is 0 Å². The van der Waals surface area contributed by atoms with Gasteiger partial charge in [0.05, 0.1) is 0 Å². The fourth-order valence-electron chi connectivity index (χ4n) is 4.37. The molecule has 4 nitrogen and oxygen atoms in total. The predicted octanol–water partition coefficient (Wildman–Crippen LogP) is 4.49. The van der Waals surface area contributed by atoms with Crippen LogP contribution in [-0.4, -0.2) is 11.7 Å². The fraction of sp³-hybridized carbons (Fsp3) is 0.391. The third-order valence-electron chi connectivity index (χ3n) is 5.76. The van der Waals surface area contributed by atoms with E-state index in [0.29, 0.717) is 12.3 Å². The Morgan fingerprint density at radius 2 is 1.67 bits per heavy atom. The lowest BCUT2D eigenvalue weighted by Crippen LogP contribution is -2.42. The van der Waals surface area contributed by atoms with Crippen LogP contribution >= 0.6 is 0 Å². The summed E-state index contributed by atoms with van der Waals surface area (Å²) in [6.45, 7) is 0.477. The summed E-state index contributed by atoms with van der Waals surface area (Å²) in [5.74, 6) is 2.21. The Bertz CT molecular complexity index is 801. The first-order valence-electron chi connectivity index (χ1n) is 9.82. The average Bonchev–Trinajstić information content (AvgIpc) is 2.67. The minimum atomic E-state index is -0.0262. The largest absolute Gasteiger partial charge is 0.457 e. The normalized spacial score (nSPS) is 24.3. The first-order valence-corrected chi connectivity index (χ1v) is 9.82. The van der Waals surface area contributed by atoms with E-state index in [1.807, 2.05) is 54.6 Å². The lowest BCUT2D eigenvalue weighted by molar-refractivity contribution is -0.137. The number of ketones is 1. The number of nitrogens with one attached hydrogen (secondary N) is 1. The Hall–Kier alpha value is -2.62. The van der Waals surface area contributed by atoms with E-state index in [2.05, 4.69) is 5.32 Å². The summed E-state index contributed by atoms with van der Waals surface area (Å²) in [4.78, 5) is 24.8.